The van der Waals surface area contributed by atoms with Gasteiger partial charge in [-0.25, -0.2) is 4.79 Å². The molecule has 0 aliphatic heterocycles. The van der Waals surface area contributed by atoms with E-state index in [1.165, 1.54) is 12.3 Å². The standard InChI is InChI=1S/C22H19NO3/c24-21(19-12-6-10-17-9-4-5-11-18(17)19)13-14-23-20(22(25)26)15-16-7-2-1-3-8-16/h1-14,20,23H,15H2,(H,25,26)/b14-13-. The van der Waals surface area contributed by atoms with Crippen LogP contribution in [0.25, 0.3) is 10.8 Å². The van der Waals surface area contributed by atoms with Crippen LogP contribution in [0, 0.1) is 0 Å². The van der Waals surface area contributed by atoms with Gasteiger partial charge in [0.25, 0.3) is 0 Å². The van der Waals surface area contributed by atoms with Crippen molar-refractivity contribution in [1.29, 1.82) is 0 Å². The Morgan fingerprint density at radius 1 is 0.923 bits per heavy atom. The summed E-state index contributed by atoms with van der Waals surface area (Å²) in [6.07, 6.45) is 3.14. The van der Waals surface area contributed by atoms with Crippen molar-refractivity contribution in [2.45, 2.75) is 12.5 Å². The first kappa shape index (κ1) is 17.4. The highest BCUT2D eigenvalue weighted by molar-refractivity contribution is 6.13. The van der Waals surface area contributed by atoms with E-state index < -0.39 is 12.0 Å². The van der Waals surface area contributed by atoms with E-state index in [1.807, 2.05) is 66.7 Å². The maximum absolute atomic E-state index is 12.5. The van der Waals surface area contributed by atoms with E-state index in [1.54, 1.807) is 6.07 Å². The Labute approximate surface area is 151 Å². The second-order valence-electron chi connectivity index (χ2n) is 5.97. The molecular formula is C22H19NO3. The normalized spacial score (nSPS) is 12.2. The van der Waals surface area contributed by atoms with Gasteiger partial charge in [0.1, 0.15) is 6.04 Å². The van der Waals surface area contributed by atoms with Crippen LogP contribution in [-0.4, -0.2) is 22.9 Å². The number of carboxylic acid groups (broad SMARTS) is 1. The highest BCUT2D eigenvalue weighted by atomic mass is 16.4. The van der Waals surface area contributed by atoms with Gasteiger partial charge in [0, 0.05) is 24.3 Å². The summed E-state index contributed by atoms with van der Waals surface area (Å²) in [7, 11) is 0. The number of fused-ring (bicyclic) bond motifs is 1. The van der Waals surface area contributed by atoms with Crippen molar-refractivity contribution in [2.24, 2.45) is 0 Å². The Morgan fingerprint density at radius 2 is 1.62 bits per heavy atom. The third-order valence-electron chi connectivity index (χ3n) is 4.17. The molecule has 0 fully saturated rings. The van der Waals surface area contributed by atoms with Gasteiger partial charge in [0.2, 0.25) is 0 Å². The molecule has 4 nitrogen and oxygen atoms in total. The van der Waals surface area contributed by atoms with Gasteiger partial charge in [-0.1, -0.05) is 72.8 Å². The fourth-order valence-electron chi connectivity index (χ4n) is 2.84. The zero-order valence-electron chi connectivity index (χ0n) is 14.1. The van der Waals surface area contributed by atoms with Crippen molar-refractivity contribution in [2.75, 3.05) is 0 Å². The molecule has 3 aromatic carbocycles. The first-order valence-electron chi connectivity index (χ1n) is 8.36. The second-order valence-corrected chi connectivity index (χ2v) is 5.97. The number of benzene rings is 3. The third-order valence-corrected chi connectivity index (χ3v) is 4.17. The van der Waals surface area contributed by atoms with E-state index in [4.69, 9.17) is 0 Å². The Balaban J connectivity index is 1.71. The lowest BCUT2D eigenvalue weighted by atomic mass is 10.0. The Kier molecular flexibility index (Phi) is 5.44. The fourth-order valence-corrected chi connectivity index (χ4v) is 2.84. The Bertz CT molecular complexity index is 943. The number of carboxylic acids is 1. The molecule has 0 bridgehead atoms. The molecule has 0 amide bonds. The number of hydrogen-bond acceptors (Lipinski definition) is 3. The van der Waals surface area contributed by atoms with Crippen LogP contribution in [0.5, 0.6) is 0 Å². The lowest BCUT2D eigenvalue weighted by Gasteiger charge is -2.12. The molecule has 0 spiro atoms. The number of hydrogen-bond donors (Lipinski definition) is 2. The molecule has 0 heterocycles. The number of nitrogens with one attached hydrogen (secondary N) is 1. The average molecular weight is 345 g/mol. The van der Waals surface area contributed by atoms with E-state index in [0.717, 1.165) is 16.3 Å². The van der Waals surface area contributed by atoms with Crippen LogP contribution >= 0.6 is 0 Å². The summed E-state index contributed by atoms with van der Waals surface area (Å²) >= 11 is 0. The SMILES string of the molecule is O=C(/C=C\NC(Cc1ccccc1)C(=O)O)c1cccc2ccccc12. The van der Waals surface area contributed by atoms with E-state index in [2.05, 4.69) is 5.32 Å². The predicted molar refractivity (Wildman–Crippen MR) is 102 cm³/mol. The molecule has 3 aromatic rings. The van der Waals surface area contributed by atoms with E-state index >= 15 is 0 Å². The average Bonchev–Trinajstić information content (AvgIpc) is 2.67. The molecule has 0 aromatic heterocycles. The molecule has 0 saturated carbocycles. The van der Waals surface area contributed by atoms with Crippen molar-refractivity contribution >= 4 is 22.5 Å². The minimum atomic E-state index is -0.962. The summed E-state index contributed by atoms with van der Waals surface area (Å²) < 4.78 is 0. The molecule has 130 valence electrons. The van der Waals surface area contributed by atoms with E-state index in [0.29, 0.717) is 12.0 Å². The number of allylic oxidation sites excluding steroid dienone is 1. The van der Waals surface area contributed by atoms with Crippen LogP contribution < -0.4 is 5.32 Å². The van der Waals surface area contributed by atoms with E-state index in [9.17, 15) is 14.7 Å². The fraction of sp³-hybridized carbons (Fsp3) is 0.0909. The van der Waals surface area contributed by atoms with Crippen LogP contribution in [0.15, 0.2) is 85.1 Å². The molecule has 26 heavy (non-hydrogen) atoms. The van der Waals surface area contributed by atoms with Gasteiger partial charge in [0.15, 0.2) is 5.78 Å². The number of aliphatic carboxylic acids is 1. The molecule has 0 saturated heterocycles. The molecule has 1 atom stereocenters. The van der Waals surface area contributed by atoms with Crippen LogP contribution in [0.3, 0.4) is 0 Å². The lowest BCUT2D eigenvalue weighted by molar-refractivity contribution is -0.139. The van der Waals surface area contributed by atoms with Gasteiger partial charge in [-0.3, -0.25) is 4.79 Å². The van der Waals surface area contributed by atoms with Gasteiger partial charge in [-0.15, -0.1) is 0 Å². The van der Waals surface area contributed by atoms with Crippen molar-refractivity contribution in [1.82, 2.24) is 5.32 Å². The van der Waals surface area contributed by atoms with Crippen LogP contribution in [0.1, 0.15) is 15.9 Å². The maximum Gasteiger partial charge on any atom is 0.326 e. The minimum absolute atomic E-state index is 0.168. The summed E-state index contributed by atoms with van der Waals surface area (Å²) in [6.45, 7) is 0. The van der Waals surface area contributed by atoms with Gasteiger partial charge >= 0.3 is 5.97 Å². The smallest absolute Gasteiger partial charge is 0.326 e. The lowest BCUT2D eigenvalue weighted by Crippen LogP contribution is -2.35. The monoisotopic (exact) mass is 345 g/mol. The van der Waals surface area contributed by atoms with Crippen molar-refractivity contribution in [3.05, 3.63) is 96.2 Å². The number of ketones is 1. The quantitative estimate of drug-likeness (QED) is 0.505. The molecule has 1 unspecified atom stereocenters. The summed E-state index contributed by atoms with van der Waals surface area (Å²) in [5, 5.41) is 14.1. The molecule has 0 radical (unpaired) electrons. The highest BCUT2D eigenvalue weighted by Crippen LogP contribution is 2.19. The zero-order chi connectivity index (χ0) is 18.4. The highest BCUT2D eigenvalue weighted by Gasteiger charge is 2.16. The number of carbonyl (C=O) groups is 2. The molecule has 3 rings (SSSR count). The molecular weight excluding hydrogens is 326 g/mol. The molecule has 0 aliphatic carbocycles. The largest absolute Gasteiger partial charge is 0.480 e. The van der Waals surface area contributed by atoms with Gasteiger partial charge in [0.05, 0.1) is 0 Å². The van der Waals surface area contributed by atoms with Crippen LogP contribution in [0.4, 0.5) is 0 Å². The van der Waals surface area contributed by atoms with Gasteiger partial charge in [-0.2, -0.15) is 0 Å². The number of rotatable bonds is 7. The molecule has 2 N–H and O–H groups in total. The third kappa shape index (κ3) is 4.16. The summed E-state index contributed by atoms with van der Waals surface area (Å²) in [4.78, 5) is 23.9. The zero-order valence-corrected chi connectivity index (χ0v) is 14.1. The maximum atomic E-state index is 12.5. The first-order chi connectivity index (χ1) is 12.6. The van der Waals surface area contributed by atoms with Crippen LogP contribution in [0.2, 0.25) is 0 Å². The van der Waals surface area contributed by atoms with Gasteiger partial charge in [-0.05, 0) is 16.3 Å². The minimum Gasteiger partial charge on any atom is -0.480 e. The second kappa shape index (κ2) is 8.12. The van der Waals surface area contributed by atoms with Crippen LogP contribution in [-0.2, 0) is 11.2 Å². The van der Waals surface area contributed by atoms with Gasteiger partial charge < -0.3 is 10.4 Å². The molecule has 0 aliphatic rings. The molecule has 4 heteroatoms. The van der Waals surface area contributed by atoms with E-state index in [-0.39, 0.29) is 5.78 Å². The topological polar surface area (TPSA) is 66.4 Å². The van der Waals surface area contributed by atoms with Crippen molar-refractivity contribution in [3.8, 4) is 0 Å². The predicted octanol–water partition coefficient (Wildman–Crippen LogP) is 3.82. The number of carbonyl (C=O) groups excluding carboxylic acids is 1. The summed E-state index contributed by atoms with van der Waals surface area (Å²) in [6, 6.07) is 21.8. The summed E-state index contributed by atoms with van der Waals surface area (Å²) in [5.74, 6) is -1.13. The Hall–Kier alpha value is -3.40. The summed E-state index contributed by atoms with van der Waals surface area (Å²) in [5.41, 5.74) is 1.51. The first-order valence-corrected chi connectivity index (χ1v) is 8.36. The van der Waals surface area contributed by atoms with Crippen molar-refractivity contribution in [3.63, 3.8) is 0 Å². The Morgan fingerprint density at radius 3 is 2.38 bits per heavy atom. The van der Waals surface area contributed by atoms with Crippen molar-refractivity contribution < 1.29 is 14.7 Å².